The van der Waals surface area contributed by atoms with E-state index in [1.165, 1.54) is 0 Å². The first-order valence-electron chi connectivity index (χ1n) is 12.6. The van der Waals surface area contributed by atoms with Crippen LogP contribution in [0.15, 0.2) is 47.3 Å². The van der Waals surface area contributed by atoms with E-state index in [1.54, 1.807) is 19.2 Å². The fourth-order valence-corrected chi connectivity index (χ4v) is 4.39. The maximum atomic E-state index is 12.8. The molecule has 0 aliphatic rings. The van der Waals surface area contributed by atoms with Crippen LogP contribution in [-0.4, -0.2) is 39.7 Å². The molecule has 0 saturated heterocycles. The molecule has 0 saturated carbocycles. The molecular weight excluding hydrogens is 492 g/mol. The molecule has 0 bridgehead atoms. The Hall–Kier alpha value is -3.23. The van der Waals surface area contributed by atoms with Gasteiger partial charge in [-0.05, 0) is 68.1 Å². The lowest BCUT2D eigenvalue weighted by atomic mass is 9.96. The average molecular weight is 527 g/mol. The van der Waals surface area contributed by atoms with Crippen molar-refractivity contribution >= 4 is 17.5 Å². The van der Waals surface area contributed by atoms with Crippen molar-refractivity contribution in [2.45, 2.75) is 71.6 Å². The average Bonchev–Trinajstić information content (AvgIpc) is 2.89. The Labute approximate surface area is 222 Å². The standard InChI is InChI=1S/C28H35ClN4O4/c1-6-9-18(4)37-21-13-11-20(12-14-21)24-31-25(33-27(35)32-24)22-16-19(10-15-23(22)29)17-30-26(34)28(7-2,8-3)36-5/h10-16,18H,6-9,17H2,1-5H3,(H,30,34)(H,31,32,33,35)/t18-/m1/s1. The lowest BCUT2D eigenvalue weighted by Gasteiger charge is -2.28. The molecule has 3 rings (SSSR count). The number of H-pyrrole nitrogens is 1. The van der Waals surface area contributed by atoms with Crippen LogP contribution < -0.4 is 15.7 Å². The number of benzene rings is 2. The minimum Gasteiger partial charge on any atom is -0.491 e. The third-order valence-corrected chi connectivity index (χ3v) is 6.81. The first-order valence-corrected chi connectivity index (χ1v) is 13.0. The summed E-state index contributed by atoms with van der Waals surface area (Å²) in [5, 5.41) is 3.36. The molecule has 1 aromatic heterocycles. The van der Waals surface area contributed by atoms with Crippen LogP contribution in [0.5, 0.6) is 5.75 Å². The molecule has 37 heavy (non-hydrogen) atoms. The van der Waals surface area contributed by atoms with E-state index in [2.05, 4.69) is 27.2 Å². The van der Waals surface area contributed by atoms with E-state index in [9.17, 15) is 9.59 Å². The number of carbonyl (C=O) groups is 1. The lowest BCUT2D eigenvalue weighted by molar-refractivity contribution is -0.144. The van der Waals surface area contributed by atoms with Crippen LogP contribution >= 0.6 is 11.6 Å². The Balaban J connectivity index is 1.84. The number of methoxy groups -OCH3 is 1. The largest absolute Gasteiger partial charge is 0.491 e. The van der Waals surface area contributed by atoms with Gasteiger partial charge in [0, 0.05) is 24.8 Å². The number of aromatic nitrogens is 3. The third-order valence-electron chi connectivity index (χ3n) is 6.48. The molecule has 2 N–H and O–H groups in total. The summed E-state index contributed by atoms with van der Waals surface area (Å²) in [4.78, 5) is 36.5. The van der Waals surface area contributed by atoms with Gasteiger partial charge in [0.25, 0.3) is 5.91 Å². The fraction of sp³-hybridized carbons (Fsp3) is 0.429. The van der Waals surface area contributed by atoms with E-state index in [0.29, 0.717) is 34.8 Å². The van der Waals surface area contributed by atoms with Crippen molar-refractivity contribution in [2.24, 2.45) is 0 Å². The van der Waals surface area contributed by atoms with Crippen LogP contribution in [0.1, 0.15) is 58.9 Å². The summed E-state index contributed by atoms with van der Waals surface area (Å²) in [6.45, 7) is 8.27. The van der Waals surface area contributed by atoms with E-state index in [-0.39, 0.29) is 24.4 Å². The topological polar surface area (TPSA) is 106 Å². The number of nitrogens with one attached hydrogen (secondary N) is 2. The van der Waals surface area contributed by atoms with Gasteiger partial charge in [-0.25, -0.2) is 9.78 Å². The number of halogens is 1. The highest BCUT2D eigenvalue weighted by Gasteiger charge is 2.34. The second-order valence-electron chi connectivity index (χ2n) is 8.97. The van der Waals surface area contributed by atoms with Gasteiger partial charge in [-0.2, -0.15) is 4.98 Å². The summed E-state index contributed by atoms with van der Waals surface area (Å²) >= 11 is 6.47. The highest BCUT2D eigenvalue weighted by atomic mass is 35.5. The minimum atomic E-state index is -0.864. The molecule has 0 aliphatic carbocycles. The van der Waals surface area contributed by atoms with Gasteiger partial charge in [-0.1, -0.05) is 44.9 Å². The molecular formula is C28H35ClN4O4. The molecule has 8 nitrogen and oxygen atoms in total. The highest BCUT2D eigenvalue weighted by molar-refractivity contribution is 6.33. The van der Waals surface area contributed by atoms with Crippen molar-refractivity contribution in [3.05, 3.63) is 63.5 Å². The van der Waals surface area contributed by atoms with E-state index in [0.717, 1.165) is 24.2 Å². The maximum Gasteiger partial charge on any atom is 0.348 e. The van der Waals surface area contributed by atoms with Gasteiger partial charge >= 0.3 is 5.69 Å². The monoisotopic (exact) mass is 526 g/mol. The van der Waals surface area contributed by atoms with E-state index in [4.69, 9.17) is 21.1 Å². The van der Waals surface area contributed by atoms with Gasteiger partial charge in [0.15, 0.2) is 5.82 Å². The second kappa shape index (κ2) is 12.8. The third kappa shape index (κ3) is 6.96. The van der Waals surface area contributed by atoms with Crippen LogP contribution in [-0.2, 0) is 16.1 Å². The molecule has 198 valence electrons. The van der Waals surface area contributed by atoms with Gasteiger partial charge in [0.2, 0.25) is 0 Å². The predicted molar refractivity (Wildman–Crippen MR) is 146 cm³/mol. The number of amides is 1. The Morgan fingerprint density at radius 3 is 2.43 bits per heavy atom. The van der Waals surface area contributed by atoms with E-state index < -0.39 is 11.3 Å². The molecule has 1 atom stereocenters. The summed E-state index contributed by atoms with van der Waals surface area (Å²) in [5.74, 6) is 1.14. The molecule has 0 spiro atoms. The van der Waals surface area contributed by atoms with E-state index in [1.807, 2.05) is 51.1 Å². The van der Waals surface area contributed by atoms with Gasteiger partial charge < -0.3 is 14.8 Å². The Morgan fingerprint density at radius 1 is 1.11 bits per heavy atom. The molecule has 9 heteroatoms. The molecule has 0 radical (unpaired) electrons. The fourth-order valence-electron chi connectivity index (χ4n) is 4.18. The van der Waals surface area contributed by atoms with Gasteiger partial charge in [0.1, 0.15) is 17.2 Å². The van der Waals surface area contributed by atoms with Crippen molar-refractivity contribution in [2.75, 3.05) is 7.11 Å². The van der Waals surface area contributed by atoms with Crippen LogP contribution in [0.25, 0.3) is 22.8 Å². The zero-order valence-electron chi connectivity index (χ0n) is 22.1. The van der Waals surface area contributed by atoms with Crippen molar-refractivity contribution in [1.29, 1.82) is 0 Å². The Kier molecular flexibility index (Phi) is 9.83. The molecule has 1 amide bonds. The van der Waals surface area contributed by atoms with Gasteiger partial charge in [-0.15, -0.1) is 0 Å². The molecule has 2 aromatic carbocycles. The summed E-state index contributed by atoms with van der Waals surface area (Å²) in [7, 11) is 1.55. The minimum absolute atomic E-state index is 0.118. The van der Waals surface area contributed by atoms with Gasteiger partial charge in [-0.3, -0.25) is 9.78 Å². The SMILES string of the molecule is CCC[C@@H](C)Oc1ccc(-c2nc(-c3cc(CNC(=O)C(CC)(CC)OC)ccc3Cl)[nH]c(=O)n2)cc1. The number of nitrogens with zero attached hydrogens (tertiary/aromatic N) is 2. The van der Waals surface area contributed by atoms with Crippen molar-refractivity contribution in [3.63, 3.8) is 0 Å². The van der Waals surface area contributed by atoms with Crippen LogP contribution in [0.2, 0.25) is 5.02 Å². The van der Waals surface area contributed by atoms with Crippen LogP contribution in [0.3, 0.4) is 0 Å². The molecule has 3 aromatic rings. The number of hydrogen-bond acceptors (Lipinski definition) is 6. The smallest absolute Gasteiger partial charge is 0.348 e. The zero-order valence-corrected chi connectivity index (χ0v) is 22.8. The van der Waals surface area contributed by atoms with Crippen LogP contribution in [0, 0.1) is 0 Å². The van der Waals surface area contributed by atoms with E-state index >= 15 is 0 Å². The Bertz CT molecular complexity index is 1250. The zero-order chi connectivity index (χ0) is 27.0. The molecule has 0 fully saturated rings. The predicted octanol–water partition coefficient (Wildman–Crippen LogP) is 5.54. The number of carbonyl (C=O) groups excluding carboxylic acids is 1. The molecule has 1 heterocycles. The van der Waals surface area contributed by atoms with Gasteiger partial charge in [0.05, 0.1) is 11.1 Å². The molecule has 0 unspecified atom stereocenters. The maximum absolute atomic E-state index is 12.8. The Morgan fingerprint density at radius 2 is 1.81 bits per heavy atom. The van der Waals surface area contributed by atoms with Crippen LogP contribution in [0.4, 0.5) is 0 Å². The number of rotatable bonds is 12. The normalized spacial score (nSPS) is 12.3. The first-order chi connectivity index (χ1) is 17.7. The van der Waals surface area contributed by atoms with Crippen molar-refractivity contribution < 1.29 is 14.3 Å². The van der Waals surface area contributed by atoms with Crippen molar-refractivity contribution in [3.8, 4) is 28.5 Å². The number of aromatic amines is 1. The summed E-state index contributed by atoms with van der Waals surface area (Å²) in [5.41, 5.74) is 0.608. The second-order valence-corrected chi connectivity index (χ2v) is 9.38. The van der Waals surface area contributed by atoms with Crippen molar-refractivity contribution in [1.82, 2.24) is 20.3 Å². The number of hydrogen-bond donors (Lipinski definition) is 2. The molecule has 0 aliphatic heterocycles. The number of ether oxygens (including phenoxy) is 2. The lowest BCUT2D eigenvalue weighted by Crippen LogP contribution is -2.47. The summed E-state index contributed by atoms with van der Waals surface area (Å²) in [6, 6.07) is 12.7. The first kappa shape index (κ1) is 28.3. The summed E-state index contributed by atoms with van der Waals surface area (Å²) in [6.07, 6.45) is 3.26. The summed E-state index contributed by atoms with van der Waals surface area (Å²) < 4.78 is 11.4. The highest BCUT2D eigenvalue weighted by Crippen LogP contribution is 2.28. The quantitative estimate of drug-likeness (QED) is 0.321.